The summed E-state index contributed by atoms with van der Waals surface area (Å²) >= 11 is 0. The first-order valence-corrected chi connectivity index (χ1v) is 12.4. The van der Waals surface area contributed by atoms with Gasteiger partial charge in [-0.15, -0.1) is 0 Å². The van der Waals surface area contributed by atoms with Crippen LogP contribution in [0.1, 0.15) is 59.9 Å². The summed E-state index contributed by atoms with van der Waals surface area (Å²) in [5.74, 6) is 0.388. The molecule has 7 nitrogen and oxygen atoms in total. The highest BCUT2D eigenvalue weighted by Gasteiger charge is 2.56. The van der Waals surface area contributed by atoms with Crippen LogP contribution in [0.4, 0.5) is 26.3 Å². The molecule has 39 heavy (non-hydrogen) atoms. The van der Waals surface area contributed by atoms with Crippen molar-refractivity contribution in [2.45, 2.75) is 68.4 Å². The smallest absolute Gasteiger partial charge is 0.393 e. The third-order valence-electron chi connectivity index (χ3n) is 7.73. The second kappa shape index (κ2) is 10.1. The molecule has 3 heterocycles. The molecule has 4 atom stereocenters. The van der Waals surface area contributed by atoms with E-state index in [1.54, 1.807) is 0 Å². The maximum atomic E-state index is 13.5. The molecule has 13 heteroatoms. The molecule has 5 rings (SSSR count). The quantitative estimate of drug-likeness (QED) is 0.360. The molecule has 0 unspecified atom stereocenters. The van der Waals surface area contributed by atoms with Crippen LogP contribution >= 0.6 is 0 Å². The van der Waals surface area contributed by atoms with Gasteiger partial charge in [0, 0.05) is 6.04 Å². The summed E-state index contributed by atoms with van der Waals surface area (Å²) < 4.78 is 87.4. The van der Waals surface area contributed by atoms with Gasteiger partial charge in [-0.2, -0.15) is 31.4 Å². The molecule has 2 bridgehead atoms. The molecule has 0 radical (unpaired) electrons. The monoisotopic (exact) mass is 556 g/mol. The first-order valence-electron chi connectivity index (χ1n) is 12.4. The van der Waals surface area contributed by atoms with Crippen LogP contribution in [0.5, 0.6) is 0 Å². The minimum atomic E-state index is -5.03. The number of aliphatic hydroxyl groups is 1. The van der Waals surface area contributed by atoms with Gasteiger partial charge in [0.25, 0.3) is 0 Å². The molecule has 210 valence electrons. The summed E-state index contributed by atoms with van der Waals surface area (Å²) in [4.78, 5) is 16.4. The van der Waals surface area contributed by atoms with Crippen LogP contribution in [0, 0.1) is 0 Å². The first kappa shape index (κ1) is 27.4. The molecule has 0 aliphatic carbocycles. The first-order chi connectivity index (χ1) is 18.4. The lowest BCUT2D eigenvalue weighted by molar-refractivity contribution is -0.147. The number of halogens is 6. The van der Waals surface area contributed by atoms with E-state index < -0.39 is 59.1 Å². The number of hydrogen-bond acceptors (Lipinski definition) is 5. The molecule has 2 fully saturated rings. The predicted molar refractivity (Wildman–Crippen MR) is 126 cm³/mol. The number of aromatic amines is 2. The molecular formula is C26H26F6N4O3. The number of aliphatic hydroxyl groups excluding tert-OH is 1. The number of nitrogens with zero attached hydrogens (tertiary/aromatic N) is 2. The van der Waals surface area contributed by atoms with Crippen molar-refractivity contribution in [3.63, 3.8) is 0 Å². The Bertz CT molecular complexity index is 1320. The van der Waals surface area contributed by atoms with E-state index in [0.29, 0.717) is 37.2 Å². The summed E-state index contributed by atoms with van der Waals surface area (Å²) in [7, 11) is 0. The molecule has 2 aliphatic heterocycles. The third kappa shape index (κ3) is 5.22. The molecule has 1 aromatic heterocycles. The van der Waals surface area contributed by atoms with E-state index >= 15 is 0 Å². The van der Waals surface area contributed by atoms with Gasteiger partial charge in [0.1, 0.15) is 11.9 Å². The average molecular weight is 557 g/mol. The maximum absolute atomic E-state index is 13.5. The molecule has 2 saturated heterocycles. The Kier molecular flexibility index (Phi) is 7.10. The van der Waals surface area contributed by atoms with Crippen LogP contribution in [0.25, 0.3) is 0 Å². The van der Waals surface area contributed by atoms with E-state index in [2.05, 4.69) is 20.1 Å². The van der Waals surface area contributed by atoms with Crippen LogP contribution in [-0.2, 0) is 29.2 Å². The lowest BCUT2D eigenvalue weighted by Crippen LogP contribution is -2.57. The zero-order valence-electron chi connectivity index (χ0n) is 20.5. The molecular weight excluding hydrogens is 530 g/mol. The van der Waals surface area contributed by atoms with Crippen molar-refractivity contribution in [3.8, 4) is 0 Å². The highest BCUT2D eigenvalue weighted by molar-refractivity contribution is 5.35. The Morgan fingerprint density at radius 2 is 1.69 bits per heavy atom. The van der Waals surface area contributed by atoms with Crippen molar-refractivity contribution in [1.29, 1.82) is 0 Å². The van der Waals surface area contributed by atoms with Crippen molar-refractivity contribution in [3.05, 3.63) is 87.1 Å². The number of fused-ring (bicyclic) bond motifs is 2. The summed E-state index contributed by atoms with van der Waals surface area (Å²) in [6.07, 6.45) is -9.72. The van der Waals surface area contributed by atoms with Gasteiger partial charge in [-0.1, -0.05) is 30.3 Å². The third-order valence-corrected chi connectivity index (χ3v) is 7.73. The second-order valence-electron chi connectivity index (χ2n) is 9.95. The molecule has 0 saturated carbocycles. The number of ether oxygens (including phenoxy) is 1. The van der Waals surface area contributed by atoms with Gasteiger partial charge in [0.2, 0.25) is 0 Å². The van der Waals surface area contributed by atoms with Gasteiger partial charge in [-0.25, -0.2) is 9.89 Å². The number of rotatable bonds is 7. The lowest BCUT2D eigenvalue weighted by Gasteiger charge is -2.50. The van der Waals surface area contributed by atoms with Crippen molar-refractivity contribution < 1.29 is 36.2 Å². The summed E-state index contributed by atoms with van der Waals surface area (Å²) in [6.45, 7) is -0.584. The van der Waals surface area contributed by atoms with E-state index in [1.165, 1.54) is 0 Å². The van der Waals surface area contributed by atoms with Crippen LogP contribution in [-0.4, -0.2) is 43.9 Å². The van der Waals surface area contributed by atoms with Crippen molar-refractivity contribution >= 4 is 0 Å². The average Bonchev–Trinajstić information content (AvgIpc) is 3.41. The van der Waals surface area contributed by atoms with Gasteiger partial charge in [-0.05, 0) is 55.0 Å². The number of alkyl halides is 6. The SMILES string of the molecule is O=c1[nH]nc(CN2[C@H]3CC[C@@H](O[C@@H](CO)c4cc(C(F)(F)F)cc(C(F)(F)F)c4)[C@]2(c2ccccc2)CC3)[nH]1. The minimum absolute atomic E-state index is 0.0535. The van der Waals surface area contributed by atoms with Crippen LogP contribution in [0.2, 0.25) is 0 Å². The molecule has 2 aliphatic rings. The van der Waals surface area contributed by atoms with Crippen LogP contribution < -0.4 is 5.69 Å². The number of nitrogens with one attached hydrogen (secondary N) is 2. The Balaban J connectivity index is 1.55. The summed E-state index contributed by atoms with van der Waals surface area (Å²) in [6, 6.07) is 10.6. The van der Waals surface area contributed by atoms with E-state index in [1.807, 2.05) is 30.3 Å². The zero-order valence-corrected chi connectivity index (χ0v) is 20.5. The standard InChI is InChI=1S/C26H26F6N4O3/c27-25(28,29)17-10-15(11-18(12-17)26(30,31)32)20(14-37)39-21-7-6-19-8-9-24(21,16-4-2-1-3-5-16)36(19)13-22-33-23(38)35-34-22/h1-5,10-12,19-21,37H,6-9,13-14H2,(H2,33,34,35,38)/t19-,20-,21+,24+/m0/s1. The van der Waals surface area contributed by atoms with Gasteiger partial charge in [-0.3, -0.25) is 9.88 Å². The van der Waals surface area contributed by atoms with Crippen molar-refractivity contribution in [2.75, 3.05) is 6.61 Å². The second-order valence-corrected chi connectivity index (χ2v) is 9.95. The largest absolute Gasteiger partial charge is 0.416 e. The number of benzene rings is 2. The Labute approximate surface area is 218 Å². The van der Waals surface area contributed by atoms with Crippen LogP contribution in [0.3, 0.4) is 0 Å². The highest BCUT2D eigenvalue weighted by Crippen LogP contribution is 2.53. The van der Waals surface area contributed by atoms with E-state index in [4.69, 9.17) is 4.74 Å². The number of piperidine rings is 1. The van der Waals surface area contributed by atoms with Gasteiger partial charge in [0.15, 0.2) is 0 Å². The molecule has 3 aromatic rings. The number of hydrogen-bond donors (Lipinski definition) is 3. The van der Waals surface area contributed by atoms with Crippen LogP contribution in [0.15, 0.2) is 53.3 Å². The van der Waals surface area contributed by atoms with E-state index in [-0.39, 0.29) is 18.7 Å². The fraction of sp³-hybridized carbons (Fsp3) is 0.462. The van der Waals surface area contributed by atoms with E-state index in [9.17, 15) is 36.2 Å². The fourth-order valence-electron chi connectivity index (χ4n) is 6.05. The molecule has 2 aromatic carbocycles. The number of aromatic nitrogens is 3. The lowest BCUT2D eigenvalue weighted by atomic mass is 9.78. The molecule has 0 amide bonds. The molecule has 0 spiro atoms. The predicted octanol–water partition coefficient (Wildman–Crippen LogP) is 4.91. The Morgan fingerprint density at radius 3 is 2.26 bits per heavy atom. The Hall–Kier alpha value is -3.16. The summed E-state index contributed by atoms with van der Waals surface area (Å²) in [5, 5.41) is 16.5. The maximum Gasteiger partial charge on any atom is 0.416 e. The minimum Gasteiger partial charge on any atom is -0.393 e. The van der Waals surface area contributed by atoms with E-state index in [0.717, 1.165) is 12.0 Å². The van der Waals surface area contributed by atoms with Gasteiger partial charge >= 0.3 is 18.0 Å². The van der Waals surface area contributed by atoms with Crippen molar-refractivity contribution in [2.24, 2.45) is 0 Å². The zero-order chi connectivity index (χ0) is 28.0. The molecule has 3 N–H and O–H groups in total. The topological polar surface area (TPSA) is 94.2 Å². The normalized spacial score (nSPS) is 24.7. The summed E-state index contributed by atoms with van der Waals surface area (Å²) in [5.41, 5.74) is -3.79. The van der Waals surface area contributed by atoms with Crippen molar-refractivity contribution in [1.82, 2.24) is 20.1 Å². The Morgan fingerprint density at radius 1 is 1.03 bits per heavy atom. The fourth-order valence-corrected chi connectivity index (χ4v) is 6.05. The number of H-pyrrole nitrogens is 2. The van der Waals surface area contributed by atoms with Gasteiger partial charge in [0.05, 0.1) is 35.9 Å². The highest BCUT2D eigenvalue weighted by atomic mass is 19.4. The van der Waals surface area contributed by atoms with Gasteiger partial charge < -0.3 is 9.84 Å².